The van der Waals surface area contributed by atoms with Gasteiger partial charge in [-0.2, -0.15) is 0 Å². The maximum absolute atomic E-state index is 10.5. The van der Waals surface area contributed by atoms with Crippen LogP contribution in [0.3, 0.4) is 0 Å². The monoisotopic (exact) mass is 350 g/mol. The quantitative estimate of drug-likeness (QED) is 0.402. The zero-order valence-corrected chi connectivity index (χ0v) is 15.5. The molecule has 2 heterocycles. The van der Waals surface area contributed by atoms with E-state index in [2.05, 4.69) is 25.2 Å². The van der Waals surface area contributed by atoms with Crippen molar-refractivity contribution in [2.24, 2.45) is 11.8 Å². The Hall–Kier alpha value is -1.13. The van der Waals surface area contributed by atoms with Crippen LogP contribution in [0.15, 0.2) is 24.3 Å². The summed E-state index contributed by atoms with van der Waals surface area (Å²) in [5.41, 5.74) is 0. The van der Waals surface area contributed by atoms with Gasteiger partial charge in [-0.3, -0.25) is 4.79 Å². The van der Waals surface area contributed by atoms with Gasteiger partial charge in [0.05, 0.1) is 18.3 Å². The van der Waals surface area contributed by atoms with Crippen LogP contribution < -0.4 is 0 Å². The summed E-state index contributed by atoms with van der Waals surface area (Å²) in [5.74, 6) is 0.249. The minimum Gasteiger partial charge on any atom is -0.481 e. The van der Waals surface area contributed by atoms with E-state index in [9.17, 15) is 9.90 Å². The second kappa shape index (κ2) is 10.8. The molecule has 3 fully saturated rings. The molecule has 2 aliphatic heterocycles. The molecule has 142 valence electrons. The molecule has 1 aliphatic carbocycles. The number of rotatable bonds is 12. The molecule has 0 aromatic carbocycles. The summed E-state index contributed by atoms with van der Waals surface area (Å²) < 4.78 is 5.91. The molecule has 25 heavy (non-hydrogen) atoms. The van der Waals surface area contributed by atoms with E-state index in [1.807, 2.05) is 6.08 Å². The number of carbonyl (C=O) groups is 1. The van der Waals surface area contributed by atoms with Crippen LogP contribution in [-0.4, -0.2) is 34.5 Å². The molecule has 2 saturated heterocycles. The number of carboxylic acids is 1. The fraction of sp³-hybridized carbons (Fsp3) is 0.762. The van der Waals surface area contributed by atoms with Crippen molar-refractivity contribution in [2.75, 3.05) is 0 Å². The predicted octanol–water partition coefficient (Wildman–Crippen LogP) is 4.48. The van der Waals surface area contributed by atoms with Gasteiger partial charge in [0, 0.05) is 12.8 Å². The number of carboxylic acid groups (broad SMARTS) is 1. The number of fused-ring (bicyclic) bond motifs is 2. The highest BCUT2D eigenvalue weighted by atomic mass is 16.5. The Morgan fingerprint density at radius 3 is 2.76 bits per heavy atom. The fourth-order valence-electron chi connectivity index (χ4n) is 3.94. The Kier molecular flexibility index (Phi) is 8.70. The summed E-state index contributed by atoms with van der Waals surface area (Å²) in [5, 5.41) is 18.8. The molecule has 2 bridgehead atoms. The third-order valence-corrected chi connectivity index (χ3v) is 5.45. The minimum atomic E-state index is -0.725. The average Bonchev–Trinajstić information content (AvgIpc) is 2.55. The van der Waals surface area contributed by atoms with Gasteiger partial charge in [0.2, 0.25) is 0 Å². The van der Waals surface area contributed by atoms with E-state index >= 15 is 0 Å². The molecule has 3 aliphatic rings. The van der Waals surface area contributed by atoms with Gasteiger partial charge in [-0.15, -0.1) is 0 Å². The number of aliphatic hydroxyl groups excluding tert-OH is 1. The van der Waals surface area contributed by atoms with E-state index in [0.717, 1.165) is 32.1 Å². The van der Waals surface area contributed by atoms with Crippen molar-refractivity contribution in [3.63, 3.8) is 0 Å². The van der Waals surface area contributed by atoms with Gasteiger partial charge < -0.3 is 14.9 Å². The molecule has 0 amide bonds. The molecule has 5 atom stereocenters. The summed E-state index contributed by atoms with van der Waals surface area (Å²) in [6.45, 7) is 2.18. The van der Waals surface area contributed by atoms with Gasteiger partial charge in [0.15, 0.2) is 0 Å². The predicted molar refractivity (Wildman–Crippen MR) is 99.4 cm³/mol. The Morgan fingerprint density at radius 1 is 1.24 bits per heavy atom. The topological polar surface area (TPSA) is 66.8 Å². The zero-order valence-electron chi connectivity index (χ0n) is 15.5. The van der Waals surface area contributed by atoms with Crippen LogP contribution in [0.2, 0.25) is 0 Å². The first-order chi connectivity index (χ1) is 12.1. The maximum atomic E-state index is 10.5. The maximum Gasteiger partial charge on any atom is 0.303 e. The van der Waals surface area contributed by atoms with E-state index in [1.165, 1.54) is 19.3 Å². The number of aliphatic carboxylic acids is 1. The van der Waals surface area contributed by atoms with Gasteiger partial charge in [-0.1, -0.05) is 50.5 Å². The average molecular weight is 350 g/mol. The van der Waals surface area contributed by atoms with Crippen LogP contribution in [0.1, 0.15) is 71.1 Å². The molecule has 2 N–H and O–H groups in total. The molecule has 4 heteroatoms. The van der Waals surface area contributed by atoms with Crippen molar-refractivity contribution in [2.45, 2.75) is 89.4 Å². The van der Waals surface area contributed by atoms with E-state index in [1.54, 1.807) is 0 Å². The molecule has 1 saturated carbocycles. The van der Waals surface area contributed by atoms with Gasteiger partial charge >= 0.3 is 5.97 Å². The van der Waals surface area contributed by atoms with Crippen LogP contribution in [0, 0.1) is 11.8 Å². The van der Waals surface area contributed by atoms with Crippen molar-refractivity contribution in [1.82, 2.24) is 0 Å². The number of hydrogen-bond donors (Lipinski definition) is 2. The Bertz CT molecular complexity index is 451. The number of allylic oxidation sites excluding steroid dienone is 3. The lowest BCUT2D eigenvalue weighted by molar-refractivity contribution is -0.198. The summed E-state index contributed by atoms with van der Waals surface area (Å²) in [7, 11) is 0. The lowest BCUT2D eigenvalue weighted by Gasteiger charge is -2.50. The third-order valence-electron chi connectivity index (χ3n) is 5.45. The van der Waals surface area contributed by atoms with Crippen LogP contribution in [0.4, 0.5) is 0 Å². The second-order valence-electron chi connectivity index (χ2n) is 7.54. The molecule has 0 aromatic heterocycles. The standard InChI is InChI=1S/C21H34O4/c1-2-3-6-9-17(22)13-12-16-14-18-15-20(25-18)19(16)10-7-4-5-8-11-21(23)24/h4,7,12-13,16-20,22H,2-3,5-6,8-11,14-15H2,1H3,(H,23,24)/b7-4-,13-12+/t16-,17-,18-,19+,20-/m0/s1. The highest BCUT2D eigenvalue weighted by Crippen LogP contribution is 2.45. The molecule has 0 aromatic rings. The number of aliphatic hydroxyl groups is 1. The van der Waals surface area contributed by atoms with E-state index in [0.29, 0.717) is 30.5 Å². The van der Waals surface area contributed by atoms with Crippen molar-refractivity contribution >= 4 is 5.97 Å². The van der Waals surface area contributed by atoms with E-state index in [-0.39, 0.29) is 12.5 Å². The van der Waals surface area contributed by atoms with Gasteiger partial charge in [-0.25, -0.2) is 0 Å². The van der Waals surface area contributed by atoms with E-state index in [4.69, 9.17) is 9.84 Å². The molecule has 3 rings (SSSR count). The first kappa shape index (κ1) is 20.2. The fourth-order valence-corrected chi connectivity index (χ4v) is 3.94. The summed E-state index contributed by atoms with van der Waals surface area (Å²) in [6.07, 6.45) is 18.2. The number of unbranched alkanes of at least 4 members (excludes halogenated alkanes) is 3. The SMILES string of the molecule is CCCCC[C@H](O)/C=C/[C@H]1C[C@H]2C[C@H](O2)[C@@H]1C/C=C\CCCC(=O)O. The minimum absolute atomic E-state index is 0.239. The van der Waals surface area contributed by atoms with Crippen molar-refractivity contribution < 1.29 is 19.7 Å². The van der Waals surface area contributed by atoms with Crippen LogP contribution in [0.5, 0.6) is 0 Å². The molecule has 4 nitrogen and oxygen atoms in total. The first-order valence-electron chi connectivity index (χ1n) is 9.98. The summed E-state index contributed by atoms with van der Waals surface area (Å²) in [6, 6.07) is 0. The molecule has 0 spiro atoms. The molecular formula is C21H34O4. The zero-order chi connectivity index (χ0) is 18.1. The van der Waals surface area contributed by atoms with Crippen molar-refractivity contribution in [3.05, 3.63) is 24.3 Å². The Labute approximate surface area is 152 Å². The lowest BCUT2D eigenvalue weighted by atomic mass is 9.70. The van der Waals surface area contributed by atoms with Crippen LogP contribution >= 0.6 is 0 Å². The number of hydrogen-bond acceptors (Lipinski definition) is 3. The van der Waals surface area contributed by atoms with Crippen molar-refractivity contribution in [1.29, 1.82) is 0 Å². The second-order valence-corrected chi connectivity index (χ2v) is 7.54. The smallest absolute Gasteiger partial charge is 0.303 e. The number of ether oxygens (including phenoxy) is 1. The Balaban J connectivity index is 1.76. The Morgan fingerprint density at radius 2 is 2.04 bits per heavy atom. The van der Waals surface area contributed by atoms with Gasteiger partial charge in [0.25, 0.3) is 0 Å². The molecule has 0 radical (unpaired) electrons. The third kappa shape index (κ3) is 6.95. The summed E-state index contributed by atoms with van der Waals surface area (Å²) in [4.78, 5) is 10.5. The highest BCUT2D eigenvalue weighted by molar-refractivity contribution is 5.66. The first-order valence-corrected chi connectivity index (χ1v) is 9.98. The summed E-state index contributed by atoms with van der Waals surface area (Å²) >= 11 is 0. The van der Waals surface area contributed by atoms with Crippen molar-refractivity contribution in [3.8, 4) is 0 Å². The molecular weight excluding hydrogens is 316 g/mol. The van der Waals surface area contributed by atoms with Gasteiger partial charge in [-0.05, 0) is 43.9 Å². The van der Waals surface area contributed by atoms with E-state index < -0.39 is 5.97 Å². The van der Waals surface area contributed by atoms with Crippen LogP contribution in [-0.2, 0) is 9.53 Å². The highest BCUT2D eigenvalue weighted by Gasteiger charge is 2.45. The molecule has 0 unspecified atom stereocenters. The largest absolute Gasteiger partial charge is 0.481 e. The normalized spacial score (nSPS) is 29.8. The van der Waals surface area contributed by atoms with Gasteiger partial charge in [0.1, 0.15) is 0 Å². The lowest BCUT2D eigenvalue weighted by Crippen LogP contribution is -2.51. The van der Waals surface area contributed by atoms with Crippen LogP contribution in [0.25, 0.3) is 0 Å².